The molecular formula is C7H15N3O2. The molecule has 0 fully saturated rings. The van der Waals surface area contributed by atoms with Crippen LogP contribution in [0.25, 0.3) is 0 Å². The average Bonchev–Trinajstić information content (AvgIpc) is 1.84. The molecule has 0 aromatic carbocycles. The molecule has 0 rings (SSSR count). The molecule has 0 saturated heterocycles. The van der Waals surface area contributed by atoms with E-state index >= 15 is 0 Å². The van der Waals surface area contributed by atoms with Gasteiger partial charge in [-0.2, -0.15) is 0 Å². The second-order valence-electron chi connectivity index (χ2n) is 2.89. The van der Waals surface area contributed by atoms with E-state index in [1.807, 2.05) is 13.8 Å². The van der Waals surface area contributed by atoms with Crippen LogP contribution >= 0.6 is 0 Å². The fraction of sp³-hybridized carbons (Fsp3) is 0.714. The van der Waals surface area contributed by atoms with Gasteiger partial charge >= 0.3 is 6.03 Å². The summed E-state index contributed by atoms with van der Waals surface area (Å²) < 4.78 is 0. The quantitative estimate of drug-likeness (QED) is 0.541. The van der Waals surface area contributed by atoms with Crippen LogP contribution < -0.4 is 16.4 Å². The second kappa shape index (κ2) is 4.58. The minimum absolute atomic E-state index is 0.0645. The molecule has 0 aliphatic carbocycles. The molecule has 0 radical (unpaired) electrons. The molecule has 0 bridgehead atoms. The van der Waals surface area contributed by atoms with Crippen molar-refractivity contribution in [1.29, 1.82) is 0 Å². The Kier molecular flexibility index (Phi) is 4.10. The predicted molar refractivity (Wildman–Crippen MR) is 45.5 cm³/mol. The summed E-state index contributed by atoms with van der Waals surface area (Å²) in [6.07, 6.45) is 0. The zero-order valence-corrected chi connectivity index (χ0v) is 7.55. The van der Waals surface area contributed by atoms with Gasteiger partial charge in [0.2, 0.25) is 5.91 Å². The molecule has 0 heterocycles. The maximum atomic E-state index is 11.1. The molecule has 5 heteroatoms. The monoisotopic (exact) mass is 173 g/mol. The summed E-state index contributed by atoms with van der Waals surface area (Å²) in [5.74, 6) is -0.233. The molecule has 0 saturated carbocycles. The Morgan fingerprint density at radius 1 is 1.17 bits per heavy atom. The first-order chi connectivity index (χ1) is 5.43. The van der Waals surface area contributed by atoms with E-state index in [2.05, 4.69) is 10.6 Å². The van der Waals surface area contributed by atoms with Crippen molar-refractivity contribution >= 4 is 11.9 Å². The predicted octanol–water partition coefficient (Wildman–Crippen LogP) is -0.432. The summed E-state index contributed by atoms with van der Waals surface area (Å²) in [5, 5.41) is 4.91. The number of hydrogen-bond acceptors (Lipinski definition) is 2. The number of primary amides is 1. The van der Waals surface area contributed by atoms with Crippen LogP contribution in [0.4, 0.5) is 4.79 Å². The van der Waals surface area contributed by atoms with Gasteiger partial charge in [-0.25, -0.2) is 4.79 Å². The van der Waals surface area contributed by atoms with Crippen molar-refractivity contribution in [1.82, 2.24) is 10.6 Å². The van der Waals surface area contributed by atoms with Crippen LogP contribution in [-0.2, 0) is 4.79 Å². The van der Waals surface area contributed by atoms with Crippen LogP contribution in [0.5, 0.6) is 0 Å². The highest BCUT2D eigenvalue weighted by atomic mass is 16.2. The Balaban J connectivity index is 3.85. The Hall–Kier alpha value is -1.26. The first-order valence-electron chi connectivity index (χ1n) is 3.79. The number of carbonyl (C=O) groups excluding carboxylic acids is 2. The number of carbonyl (C=O) groups is 2. The molecule has 0 aromatic rings. The average molecular weight is 173 g/mol. The van der Waals surface area contributed by atoms with Gasteiger partial charge in [0, 0.05) is 6.04 Å². The molecular weight excluding hydrogens is 158 g/mol. The van der Waals surface area contributed by atoms with Crippen molar-refractivity contribution in [2.24, 2.45) is 5.73 Å². The largest absolute Gasteiger partial charge is 0.352 e. The number of nitrogens with two attached hydrogens (primary N) is 1. The summed E-state index contributed by atoms with van der Waals surface area (Å²) in [6, 6.07) is -1.21. The topological polar surface area (TPSA) is 84.2 Å². The Morgan fingerprint density at radius 2 is 1.67 bits per heavy atom. The number of urea groups is 1. The van der Waals surface area contributed by atoms with Gasteiger partial charge < -0.3 is 16.4 Å². The van der Waals surface area contributed by atoms with E-state index in [1.165, 1.54) is 0 Å². The molecule has 0 aliphatic heterocycles. The van der Waals surface area contributed by atoms with Crippen molar-refractivity contribution in [2.75, 3.05) is 0 Å². The smallest absolute Gasteiger partial charge is 0.312 e. The van der Waals surface area contributed by atoms with Crippen LogP contribution in [0.2, 0.25) is 0 Å². The molecule has 0 aliphatic rings. The zero-order valence-electron chi connectivity index (χ0n) is 7.55. The maximum absolute atomic E-state index is 11.1. The lowest BCUT2D eigenvalue weighted by molar-refractivity contribution is -0.123. The lowest BCUT2D eigenvalue weighted by Crippen LogP contribution is -2.48. The molecule has 1 atom stereocenters. The van der Waals surface area contributed by atoms with E-state index in [0.29, 0.717) is 0 Å². The van der Waals surface area contributed by atoms with Crippen LogP contribution in [-0.4, -0.2) is 24.0 Å². The van der Waals surface area contributed by atoms with E-state index in [1.54, 1.807) is 6.92 Å². The lowest BCUT2D eigenvalue weighted by Gasteiger charge is -2.14. The molecule has 0 spiro atoms. The van der Waals surface area contributed by atoms with Crippen molar-refractivity contribution in [3.8, 4) is 0 Å². The number of hydrogen-bond donors (Lipinski definition) is 3. The Bertz CT molecular complexity index is 179. The van der Waals surface area contributed by atoms with E-state index < -0.39 is 12.1 Å². The van der Waals surface area contributed by atoms with Gasteiger partial charge in [-0.15, -0.1) is 0 Å². The molecule has 70 valence electrons. The standard InChI is InChI=1S/C7H15N3O2/c1-4(2)9-6(11)5(3)10-7(8)12/h4-5H,1-3H3,(H,9,11)(H3,8,10,12). The van der Waals surface area contributed by atoms with Crippen LogP contribution in [0.15, 0.2) is 0 Å². The maximum Gasteiger partial charge on any atom is 0.312 e. The highest BCUT2D eigenvalue weighted by Gasteiger charge is 2.13. The zero-order chi connectivity index (χ0) is 9.72. The van der Waals surface area contributed by atoms with E-state index in [-0.39, 0.29) is 11.9 Å². The Morgan fingerprint density at radius 3 is 2.00 bits per heavy atom. The first-order valence-corrected chi connectivity index (χ1v) is 3.79. The molecule has 4 N–H and O–H groups in total. The second-order valence-corrected chi connectivity index (χ2v) is 2.89. The van der Waals surface area contributed by atoms with Crippen molar-refractivity contribution in [3.63, 3.8) is 0 Å². The first kappa shape index (κ1) is 10.7. The molecule has 3 amide bonds. The van der Waals surface area contributed by atoms with Crippen LogP contribution in [0.1, 0.15) is 20.8 Å². The molecule has 0 aromatic heterocycles. The van der Waals surface area contributed by atoms with Gasteiger partial charge in [-0.3, -0.25) is 4.79 Å². The Labute approximate surface area is 71.7 Å². The van der Waals surface area contributed by atoms with Crippen molar-refractivity contribution in [3.05, 3.63) is 0 Å². The van der Waals surface area contributed by atoms with Crippen LogP contribution in [0, 0.1) is 0 Å². The van der Waals surface area contributed by atoms with Crippen LogP contribution in [0.3, 0.4) is 0 Å². The third-order valence-corrected chi connectivity index (χ3v) is 1.18. The minimum atomic E-state index is -0.693. The SMILES string of the molecule is CC(C)NC(=O)C(C)NC(N)=O. The lowest BCUT2D eigenvalue weighted by atomic mass is 10.3. The van der Waals surface area contributed by atoms with Gasteiger partial charge in [0.25, 0.3) is 0 Å². The normalized spacial score (nSPS) is 12.3. The van der Waals surface area contributed by atoms with Gasteiger partial charge in [0.1, 0.15) is 6.04 Å². The summed E-state index contributed by atoms with van der Waals surface area (Å²) in [4.78, 5) is 21.4. The van der Waals surface area contributed by atoms with E-state index in [0.717, 1.165) is 0 Å². The summed E-state index contributed by atoms with van der Waals surface area (Å²) in [5.41, 5.74) is 4.83. The number of nitrogens with one attached hydrogen (secondary N) is 2. The fourth-order valence-electron chi connectivity index (χ4n) is 0.688. The van der Waals surface area contributed by atoms with Gasteiger partial charge in [-0.05, 0) is 20.8 Å². The summed E-state index contributed by atoms with van der Waals surface area (Å²) in [7, 11) is 0. The van der Waals surface area contributed by atoms with Gasteiger partial charge in [0.05, 0.1) is 0 Å². The highest BCUT2D eigenvalue weighted by molar-refractivity contribution is 5.86. The third kappa shape index (κ3) is 4.54. The van der Waals surface area contributed by atoms with Gasteiger partial charge in [0.15, 0.2) is 0 Å². The number of amides is 3. The van der Waals surface area contributed by atoms with Crippen molar-refractivity contribution in [2.45, 2.75) is 32.9 Å². The molecule has 5 nitrogen and oxygen atoms in total. The fourth-order valence-corrected chi connectivity index (χ4v) is 0.688. The van der Waals surface area contributed by atoms with E-state index in [9.17, 15) is 9.59 Å². The van der Waals surface area contributed by atoms with E-state index in [4.69, 9.17) is 5.73 Å². The molecule has 12 heavy (non-hydrogen) atoms. The van der Waals surface area contributed by atoms with Crippen molar-refractivity contribution < 1.29 is 9.59 Å². The minimum Gasteiger partial charge on any atom is -0.352 e. The summed E-state index contributed by atoms with van der Waals surface area (Å²) >= 11 is 0. The highest BCUT2D eigenvalue weighted by Crippen LogP contribution is 1.84. The molecule has 1 unspecified atom stereocenters. The summed E-state index contributed by atoms with van der Waals surface area (Å²) in [6.45, 7) is 5.26. The third-order valence-electron chi connectivity index (χ3n) is 1.18. The van der Waals surface area contributed by atoms with Gasteiger partial charge in [-0.1, -0.05) is 0 Å². The number of rotatable bonds is 3.